The van der Waals surface area contributed by atoms with Gasteiger partial charge < -0.3 is 19.1 Å². The van der Waals surface area contributed by atoms with Crippen molar-refractivity contribution >= 4 is 30.0 Å². The lowest BCUT2D eigenvalue weighted by atomic mass is 10.1. The first-order valence-electron chi connectivity index (χ1n) is 12.7. The third-order valence-electron chi connectivity index (χ3n) is 5.82. The predicted octanol–water partition coefficient (Wildman–Crippen LogP) is 4.12. The molecule has 0 radical (unpaired) electrons. The molecule has 0 spiro atoms. The third-order valence-corrected chi connectivity index (χ3v) is 5.82. The van der Waals surface area contributed by atoms with Crippen molar-refractivity contribution in [1.82, 2.24) is 10.3 Å². The normalized spacial score (nSPS) is 12.4. The highest BCUT2D eigenvalue weighted by molar-refractivity contribution is 6.04. The number of carbonyl (C=O) groups is 4. The van der Waals surface area contributed by atoms with E-state index >= 15 is 0 Å². The number of hydrogen-bond acceptors (Lipinski definition) is 8. The number of amides is 2. The number of nitrogens with zero attached hydrogens (tertiary/aromatic N) is 2. The first kappa shape index (κ1) is 28.0. The van der Waals surface area contributed by atoms with E-state index in [1.54, 1.807) is 56.3 Å². The molecule has 1 heterocycles. The fraction of sp³-hybridized carbons (Fsp3) is 0.233. The first-order valence-corrected chi connectivity index (χ1v) is 12.7. The van der Waals surface area contributed by atoms with Gasteiger partial charge in [-0.15, -0.1) is 0 Å². The van der Waals surface area contributed by atoms with E-state index in [0.717, 1.165) is 11.1 Å². The molecule has 3 aromatic rings. The van der Waals surface area contributed by atoms with Crippen LogP contribution in [0.5, 0.6) is 5.75 Å². The average molecular weight is 544 g/mol. The fourth-order valence-corrected chi connectivity index (χ4v) is 3.96. The Morgan fingerprint density at radius 1 is 1.02 bits per heavy atom. The van der Waals surface area contributed by atoms with E-state index in [0.29, 0.717) is 22.4 Å². The Balaban J connectivity index is 1.26. The number of ketones is 1. The Morgan fingerprint density at radius 2 is 1.77 bits per heavy atom. The molecule has 0 saturated carbocycles. The van der Waals surface area contributed by atoms with Gasteiger partial charge in [-0.1, -0.05) is 36.4 Å². The highest BCUT2D eigenvalue weighted by Gasteiger charge is 2.29. The zero-order valence-electron chi connectivity index (χ0n) is 22.2. The summed E-state index contributed by atoms with van der Waals surface area (Å²) in [6.07, 6.45) is 0.539. The minimum Gasteiger partial charge on any atom is -0.482 e. The van der Waals surface area contributed by atoms with Crippen molar-refractivity contribution in [3.05, 3.63) is 101 Å². The van der Waals surface area contributed by atoms with E-state index in [-0.39, 0.29) is 44.1 Å². The molecule has 40 heavy (non-hydrogen) atoms. The van der Waals surface area contributed by atoms with Gasteiger partial charge in [0, 0.05) is 17.7 Å². The van der Waals surface area contributed by atoms with Crippen LogP contribution in [0.25, 0.3) is 0 Å². The predicted molar refractivity (Wildman–Crippen MR) is 146 cm³/mol. The van der Waals surface area contributed by atoms with Gasteiger partial charge in [0.2, 0.25) is 0 Å². The Hall–Kier alpha value is -4.99. The van der Waals surface area contributed by atoms with Crippen LogP contribution in [-0.2, 0) is 27.4 Å². The van der Waals surface area contributed by atoms with Gasteiger partial charge >= 0.3 is 12.1 Å². The van der Waals surface area contributed by atoms with Crippen molar-refractivity contribution in [3.63, 3.8) is 0 Å². The van der Waals surface area contributed by atoms with Gasteiger partial charge in [-0.05, 0) is 66.9 Å². The van der Waals surface area contributed by atoms with Crippen molar-refractivity contribution < 1.29 is 33.4 Å². The van der Waals surface area contributed by atoms with Gasteiger partial charge in [0.15, 0.2) is 12.4 Å². The van der Waals surface area contributed by atoms with Crippen molar-refractivity contribution in [1.29, 1.82) is 0 Å². The van der Waals surface area contributed by atoms with Crippen LogP contribution >= 0.6 is 0 Å². The molecular formula is C30H29N3O7. The van der Waals surface area contributed by atoms with Crippen molar-refractivity contribution in [2.24, 2.45) is 5.10 Å². The fourth-order valence-electron chi connectivity index (χ4n) is 3.96. The van der Waals surface area contributed by atoms with Crippen molar-refractivity contribution in [3.8, 4) is 5.75 Å². The summed E-state index contributed by atoms with van der Waals surface area (Å²) in [6.45, 7) is 3.58. The number of fused-ring (bicyclic) bond motifs is 1. The summed E-state index contributed by atoms with van der Waals surface area (Å²) in [4.78, 5) is 50.6. The molecule has 0 aromatic heterocycles. The number of benzene rings is 3. The van der Waals surface area contributed by atoms with Crippen LogP contribution in [0.1, 0.15) is 51.3 Å². The molecule has 3 aromatic carbocycles. The molecule has 0 atom stereocenters. The quantitative estimate of drug-likeness (QED) is 0.167. The van der Waals surface area contributed by atoms with Gasteiger partial charge in [-0.2, -0.15) is 5.10 Å². The number of hydrazone groups is 1. The molecule has 0 bridgehead atoms. The van der Waals surface area contributed by atoms with Gasteiger partial charge in [0.05, 0.1) is 18.9 Å². The lowest BCUT2D eigenvalue weighted by Gasteiger charge is -2.14. The minimum absolute atomic E-state index is 0.0906. The summed E-state index contributed by atoms with van der Waals surface area (Å²) in [7, 11) is 0. The molecule has 2 amide bonds. The second-order valence-electron chi connectivity index (χ2n) is 9.28. The second-order valence-corrected chi connectivity index (χ2v) is 9.28. The average Bonchev–Trinajstić information content (AvgIpc) is 3.25. The number of carbonyl (C=O) groups excluding carboxylic acids is 4. The SMILES string of the molecule is CC(C)OC(=O)COc1ccc(C(=O)CN2Cc3cc(C=NNC(=O)OCc4ccccc4)ccc3C2=O)cc1. The zero-order valence-corrected chi connectivity index (χ0v) is 22.2. The maximum absolute atomic E-state index is 12.8. The second kappa shape index (κ2) is 13.2. The van der Waals surface area contributed by atoms with E-state index in [2.05, 4.69) is 10.5 Å². The molecular weight excluding hydrogens is 514 g/mol. The maximum Gasteiger partial charge on any atom is 0.428 e. The molecule has 0 unspecified atom stereocenters. The van der Waals surface area contributed by atoms with Gasteiger partial charge in [0.25, 0.3) is 5.91 Å². The van der Waals surface area contributed by atoms with E-state index in [1.807, 2.05) is 30.3 Å². The number of ether oxygens (including phenoxy) is 3. The molecule has 1 N–H and O–H groups in total. The van der Waals surface area contributed by atoms with E-state index in [4.69, 9.17) is 14.2 Å². The van der Waals surface area contributed by atoms with Crippen molar-refractivity contribution in [2.75, 3.05) is 13.2 Å². The number of nitrogens with one attached hydrogen (secondary N) is 1. The molecule has 4 rings (SSSR count). The Labute approximate surface area is 231 Å². The Kier molecular flexibility index (Phi) is 9.24. The number of hydrogen-bond donors (Lipinski definition) is 1. The van der Waals surface area contributed by atoms with Gasteiger partial charge in [-0.25, -0.2) is 15.0 Å². The van der Waals surface area contributed by atoms with Crippen LogP contribution in [0.4, 0.5) is 4.79 Å². The topological polar surface area (TPSA) is 124 Å². The van der Waals surface area contributed by atoms with Crippen LogP contribution in [0, 0.1) is 0 Å². The highest BCUT2D eigenvalue weighted by atomic mass is 16.6. The van der Waals surface area contributed by atoms with Gasteiger partial charge in [-0.3, -0.25) is 9.59 Å². The van der Waals surface area contributed by atoms with E-state index < -0.39 is 12.1 Å². The molecule has 0 saturated heterocycles. The standard InChI is InChI=1S/C30H29N3O7/c1-20(2)40-28(35)19-38-25-11-9-23(10-12-25)27(34)17-33-16-24-14-22(8-13-26(24)29(33)36)15-31-32-30(37)39-18-21-6-4-3-5-7-21/h3-15,20H,16-19H2,1-2H3,(H,32,37). The summed E-state index contributed by atoms with van der Waals surface area (Å²) in [5.41, 5.74) is 5.53. The molecule has 1 aliphatic rings. The van der Waals surface area contributed by atoms with Crippen molar-refractivity contribution in [2.45, 2.75) is 33.1 Å². The Morgan fingerprint density at radius 3 is 2.50 bits per heavy atom. The van der Waals surface area contributed by atoms with Crippen LogP contribution in [0.15, 0.2) is 77.9 Å². The minimum atomic E-state index is -0.686. The van der Waals surface area contributed by atoms with E-state index in [1.165, 1.54) is 11.1 Å². The highest BCUT2D eigenvalue weighted by Crippen LogP contribution is 2.24. The summed E-state index contributed by atoms with van der Waals surface area (Å²) in [5, 5.41) is 3.91. The maximum atomic E-state index is 12.8. The number of esters is 1. The van der Waals surface area contributed by atoms with Crippen LogP contribution in [0.2, 0.25) is 0 Å². The Bertz CT molecular complexity index is 1400. The lowest BCUT2D eigenvalue weighted by molar-refractivity contribution is -0.149. The molecule has 10 heteroatoms. The first-order chi connectivity index (χ1) is 19.3. The summed E-state index contributed by atoms with van der Waals surface area (Å²) in [6, 6.07) is 20.8. The van der Waals surface area contributed by atoms with Crippen LogP contribution in [0.3, 0.4) is 0 Å². The number of Topliss-reactive ketones (excluding diaryl/α,β-unsaturated/α-hetero) is 1. The smallest absolute Gasteiger partial charge is 0.428 e. The summed E-state index contributed by atoms with van der Waals surface area (Å²) >= 11 is 0. The largest absolute Gasteiger partial charge is 0.482 e. The van der Waals surface area contributed by atoms with E-state index in [9.17, 15) is 19.2 Å². The number of rotatable bonds is 11. The summed E-state index contributed by atoms with van der Waals surface area (Å²) < 4.78 is 15.5. The molecule has 10 nitrogen and oxygen atoms in total. The lowest BCUT2D eigenvalue weighted by Crippen LogP contribution is -2.30. The monoisotopic (exact) mass is 543 g/mol. The zero-order chi connectivity index (χ0) is 28.5. The third kappa shape index (κ3) is 7.76. The van der Waals surface area contributed by atoms with Crippen LogP contribution in [-0.4, -0.2) is 54.1 Å². The molecule has 1 aliphatic heterocycles. The van der Waals surface area contributed by atoms with Crippen LogP contribution < -0.4 is 10.2 Å². The molecule has 0 aliphatic carbocycles. The molecule has 206 valence electrons. The summed E-state index contributed by atoms with van der Waals surface area (Å²) in [5.74, 6) is -0.519. The van der Waals surface area contributed by atoms with Gasteiger partial charge in [0.1, 0.15) is 12.4 Å². The molecule has 0 fully saturated rings.